The number of nitrogens with zero attached hydrogens (tertiary/aromatic N) is 3. The Kier molecular flexibility index (Phi) is 7.86. The van der Waals surface area contributed by atoms with Gasteiger partial charge in [-0.1, -0.05) is 37.1 Å². The Bertz CT molecular complexity index is 699. The van der Waals surface area contributed by atoms with E-state index in [1.807, 2.05) is 0 Å². The van der Waals surface area contributed by atoms with Crippen LogP contribution in [0.15, 0.2) is 25.3 Å². The van der Waals surface area contributed by atoms with Crippen molar-refractivity contribution < 1.29 is 33.1 Å². The molecule has 2 heterocycles. The number of piperazine rings is 1. The van der Waals surface area contributed by atoms with E-state index in [-0.39, 0.29) is 47.1 Å². The van der Waals surface area contributed by atoms with Crippen molar-refractivity contribution in [2.24, 2.45) is 0 Å². The summed E-state index contributed by atoms with van der Waals surface area (Å²) in [7, 11) is 1.72. The molecule has 3 atom stereocenters. The van der Waals surface area contributed by atoms with Gasteiger partial charge >= 0.3 is 12.2 Å². The lowest BCUT2D eigenvalue weighted by molar-refractivity contribution is -0.860. The van der Waals surface area contributed by atoms with Gasteiger partial charge in [0.15, 0.2) is 11.3 Å². The molecule has 10 heteroatoms. The predicted molar refractivity (Wildman–Crippen MR) is 108 cm³/mol. The van der Waals surface area contributed by atoms with Gasteiger partial charge in [-0.25, -0.2) is 9.28 Å². The Morgan fingerprint density at radius 3 is 2.45 bits per heavy atom. The third kappa shape index (κ3) is 5.39. The van der Waals surface area contributed by atoms with Gasteiger partial charge in [0.25, 0.3) is 0 Å². The second kappa shape index (κ2) is 9.93. The fourth-order valence-corrected chi connectivity index (χ4v) is 4.82. The van der Waals surface area contributed by atoms with Crippen molar-refractivity contribution in [2.75, 3.05) is 46.4 Å². The molecule has 2 aliphatic heterocycles. The molecule has 0 aromatic rings. The van der Waals surface area contributed by atoms with Crippen molar-refractivity contribution in [3.63, 3.8) is 0 Å². The average Bonchev–Trinajstić information content (AvgIpc) is 3.00. The second-order valence-corrected chi connectivity index (χ2v) is 8.62. The molecule has 3 amide bonds. The van der Waals surface area contributed by atoms with E-state index in [0.29, 0.717) is 19.5 Å². The minimum atomic E-state index is -0.572. The molecule has 0 aromatic carbocycles. The maximum Gasteiger partial charge on any atom is 0.517 e. The molecule has 0 spiro atoms. The summed E-state index contributed by atoms with van der Waals surface area (Å²) in [5, 5.41) is -0.148. The molecule has 0 saturated carbocycles. The van der Waals surface area contributed by atoms with Crippen molar-refractivity contribution in [3.8, 4) is 0 Å². The molecular weight excluding hydrogens is 398 g/mol. The van der Waals surface area contributed by atoms with Crippen molar-refractivity contribution in [2.45, 2.75) is 24.8 Å². The Balaban J connectivity index is 2.15. The molecule has 29 heavy (non-hydrogen) atoms. The molecular formula is C19H28N3O6S+. The first-order valence-electron chi connectivity index (χ1n) is 9.35. The number of thioether (sulfide) groups is 1. The summed E-state index contributed by atoms with van der Waals surface area (Å²) in [6, 6.07) is 0. The molecule has 9 nitrogen and oxygen atoms in total. The fraction of sp³-hybridized carbons (Fsp3) is 0.579. The molecule has 2 saturated heterocycles. The van der Waals surface area contributed by atoms with Gasteiger partial charge in [-0.2, -0.15) is 4.79 Å². The summed E-state index contributed by atoms with van der Waals surface area (Å²) in [6.45, 7) is 9.48. The first kappa shape index (κ1) is 23.0. The smallest absolute Gasteiger partial charge is 0.445 e. The van der Waals surface area contributed by atoms with E-state index in [1.165, 1.54) is 35.7 Å². The van der Waals surface area contributed by atoms with Crippen LogP contribution in [0.25, 0.3) is 0 Å². The molecule has 2 aliphatic rings. The Morgan fingerprint density at radius 2 is 1.86 bits per heavy atom. The van der Waals surface area contributed by atoms with Crippen molar-refractivity contribution in [1.29, 1.82) is 0 Å². The van der Waals surface area contributed by atoms with E-state index >= 15 is 0 Å². The fourth-order valence-electron chi connectivity index (χ4n) is 3.69. The van der Waals surface area contributed by atoms with Gasteiger partial charge in [-0.05, 0) is 0 Å². The SMILES string of the molecule is C=CCOC(=O)N1CCN([C@@H]2C[C@H](SC(C)=O)C[N+]2(C)C(=O)OCC=C)C(=O)C1. The summed E-state index contributed by atoms with van der Waals surface area (Å²) in [5.74, 6) is -0.272. The van der Waals surface area contributed by atoms with E-state index in [4.69, 9.17) is 9.47 Å². The molecule has 2 rings (SSSR count). The van der Waals surface area contributed by atoms with Crippen LogP contribution in [0.2, 0.25) is 0 Å². The van der Waals surface area contributed by atoms with Crippen molar-refractivity contribution in [3.05, 3.63) is 25.3 Å². The highest BCUT2D eigenvalue weighted by molar-refractivity contribution is 8.14. The van der Waals surface area contributed by atoms with Crippen molar-refractivity contribution in [1.82, 2.24) is 9.80 Å². The zero-order valence-electron chi connectivity index (χ0n) is 16.9. The minimum Gasteiger partial charge on any atom is -0.445 e. The maximum absolute atomic E-state index is 12.8. The van der Waals surface area contributed by atoms with E-state index in [2.05, 4.69) is 13.2 Å². The van der Waals surface area contributed by atoms with Crippen LogP contribution < -0.4 is 0 Å². The van der Waals surface area contributed by atoms with E-state index in [1.54, 1.807) is 11.9 Å². The van der Waals surface area contributed by atoms with Crippen LogP contribution in [0, 0.1) is 0 Å². The second-order valence-electron chi connectivity index (χ2n) is 7.14. The van der Waals surface area contributed by atoms with Crippen LogP contribution in [-0.4, -0.2) is 95.3 Å². The number of carbonyl (C=O) groups is 4. The zero-order chi connectivity index (χ0) is 21.6. The maximum atomic E-state index is 12.8. The number of rotatable bonds is 6. The first-order chi connectivity index (χ1) is 13.7. The highest BCUT2D eigenvalue weighted by atomic mass is 32.2. The Labute approximate surface area is 174 Å². The third-order valence-corrected chi connectivity index (χ3v) is 6.00. The minimum absolute atomic E-state index is 0.0391. The van der Waals surface area contributed by atoms with Crippen LogP contribution in [0.3, 0.4) is 0 Å². The van der Waals surface area contributed by atoms with Gasteiger partial charge < -0.3 is 9.47 Å². The van der Waals surface area contributed by atoms with Crippen LogP contribution >= 0.6 is 11.8 Å². The summed E-state index contributed by atoms with van der Waals surface area (Å²) >= 11 is 1.17. The Morgan fingerprint density at radius 1 is 1.21 bits per heavy atom. The van der Waals surface area contributed by atoms with E-state index < -0.39 is 18.4 Å². The van der Waals surface area contributed by atoms with Gasteiger partial charge in [-0.15, -0.1) is 0 Å². The van der Waals surface area contributed by atoms with Crippen LogP contribution in [0.5, 0.6) is 0 Å². The Hall–Kier alpha value is -2.33. The molecule has 160 valence electrons. The molecule has 0 bridgehead atoms. The lowest BCUT2D eigenvalue weighted by Crippen LogP contribution is -2.65. The number of carbonyl (C=O) groups excluding carboxylic acids is 4. The third-order valence-electron chi connectivity index (χ3n) is 4.99. The van der Waals surface area contributed by atoms with E-state index in [9.17, 15) is 19.2 Å². The topological polar surface area (TPSA) is 93.2 Å². The van der Waals surface area contributed by atoms with E-state index in [0.717, 1.165) is 0 Å². The lowest BCUT2D eigenvalue weighted by atomic mass is 10.2. The number of amides is 3. The van der Waals surface area contributed by atoms with Crippen LogP contribution in [0.4, 0.5) is 9.59 Å². The highest BCUT2D eigenvalue weighted by Gasteiger charge is 2.55. The molecule has 0 radical (unpaired) electrons. The predicted octanol–water partition coefficient (Wildman–Crippen LogP) is 1.60. The standard InChI is InChI=1S/C19H28N3O6S/c1-5-9-27-18(25)20-7-8-21(17(24)12-20)16-11-15(29-14(3)23)13-22(16,4)19(26)28-10-6-2/h5-6,15-16H,1-2,7-13H2,3-4H3/q+1/t15-,16-,22?/m0/s1. The monoisotopic (exact) mass is 426 g/mol. The number of likely N-dealkylation sites (tertiary alicyclic amines) is 1. The van der Waals surface area contributed by atoms with Crippen LogP contribution in [-0.2, 0) is 19.1 Å². The van der Waals surface area contributed by atoms with Gasteiger partial charge in [-0.3, -0.25) is 19.4 Å². The van der Waals surface area contributed by atoms with Gasteiger partial charge in [0.05, 0.1) is 12.3 Å². The molecule has 0 N–H and O–H groups in total. The van der Waals surface area contributed by atoms with Crippen LogP contribution in [0.1, 0.15) is 13.3 Å². The number of hydrogen-bond donors (Lipinski definition) is 0. The number of quaternary nitrogens is 1. The summed E-state index contributed by atoms with van der Waals surface area (Å²) in [5.41, 5.74) is 0. The van der Waals surface area contributed by atoms with Gasteiger partial charge in [0.1, 0.15) is 26.3 Å². The largest absolute Gasteiger partial charge is 0.517 e. The van der Waals surface area contributed by atoms with Gasteiger partial charge in [0, 0.05) is 26.4 Å². The quantitative estimate of drug-likeness (QED) is 0.470. The zero-order valence-corrected chi connectivity index (χ0v) is 17.7. The number of ether oxygens (including phenoxy) is 2. The highest BCUT2D eigenvalue weighted by Crippen LogP contribution is 2.36. The number of hydrogen-bond acceptors (Lipinski definition) is 7. The normalized spacial score (nSPS) is 26.8. The molecule has 2 fully saturated rings. The summed E-state index contributed by atoms with van der Waals surface area (Å²) in [6.07, 6.45) is 1.91. The average molecular weight is 427 g/mol. The molecule has 0 aromatic heterocycles. The molecule has 1 unspecified atom stereocenters. The summed E-state index contributed by atoms with van der Waals surface area (Å²) in [4.78, 5) is 52.2. The molecule has 0 aliphatic carbocycles. The summed E-state index contributed by atoms with van der Waals surface area (Å²) < 4.78 is 10.1. The van der Waals surface area contributed by atoms with Gasteiger partial charge in [0.2, 0.25) is 5.91 Å². The first-order valence-corrected chi connectivity index (χ1v) is 10.2. The van der Waals surface area contributed by atoms with Crippen molar-refractivity contribution >= 4 is 35.0 Å². The lowest BCUT2D eigenvalue weighted by Gasteiger charge is -2.41.